The molecule has 2 aliphatic carbocycles. The lowest BCUT2D eigenvalue weighted by Crippen LogP contribution is -2.36. The normalized spacial score (nSPS) is 36.7. The molecule has 2 fully saturated rings. The Hall–Kier alpha value is -1.02. The summed E-state index contributed by atoms with van der Waals surface area (Å²) >= 11 is 0. The van der Waals surface area contributed by atoms with E-state index < -0.39 is 0 Å². The van der Waals surface area contributed by atoms with Gasteiger partial charge in [0.25, 0.3) is 0 Å². The molecule has 0 aromatic heterocycles. The van der Waals surface area contributed by atoms with Crippen molar-refractivity contribution in [3.05, 3.63) is 29.8 Å². The number of fused-ring (bicyclic) bond motifs is 3. The van der Waals surface area contributed by atoms with Gasteiger partial charge in [-0.3, -0.25) is 0 Å². The van der Waals surface area contributed by atoms with Gasteiger partial charge in [-0.15, -0.1) is 0 Å². The predicted octanol–water partition coefficient (Wildman–Crippen LogP) is 2.94. The Morgan fingerprint density at radius 1 is 1.17 bits per heavy atom. The van der Waals surface area contributed by atoms with Crippen LogP contribution in [0.25, 0.3) is 0 Å². The second-order valence-electron chi connectivity index (χ2n) is 6.24. The number of benzene rings is 1. The first kappa shape index (κ1) is 10.9. The van der Waals surface area contributed by atoms with Crippen molar-refractivity contribution in [1.82, 2.24) is 5.32 Å². The van der Waals surface area contributed by atoms with Crippen LogP contribution in [0, 0.1) is 11.8 Å². The molecule has 18 heavy (non-hydrogen) atoms. The van der Waals surface area contributed by atoms with Crippen molar-refractivity contribution in [2.75, 3.05) is 13.2 Å². The summed E-state index contributed by atoms with van der Waals surface area (Å²) < 4.78 is 5.75. The van der Waals surface area contributed by atoms with Crippen molar-refractivity contribution >= 4 is 0 Å². The first-order valence-electron chi connectivity index (χ1n) is 7.35. The maximum atomic E-state index is 5.75. The molecule has 96 valence electrons. The molecule has 1 aliphatic heterocycles. The number of hydrogen-bond donors (Lipinski definition) is 1. The molecular weight excluding hydrogens is 222 g/mol. The zero-order valence-corrected chi connectivity index (χ0v) is 10.8. The van der Waals surface area contributed by atoms with Gasteiger partial charge in [0.1, 0.15) is 5.75 Å². The van der Waals surface area contributed by atoms with Crippen LogP contribution < -0.4 is 10.1 Å². The summed E-state index contributed by atoms with van der Waals surface area (Å²) in [5.41, 5.74) is 1.40. The van der Waals surface area contributed by atoms with E-state index in [-0.39, 0.29) is 0 Å². The standard InChI is InChI=1S/C16H21NO/c1-2-4-16-14(3-1)13(10-18-16)9-17-15-8-11-5-6-12(15)7-11/h1-4,11-13,15,17H,5-10H2. The van der Waals surface area contributed by atoms with E-state index in [1.807, 2.05) is 0 Å². The first-order chi connectivity index (χ1) is 8.90. The number of para-hydroxylation sites is 1. The highest BCUT2D eigenvalue weighted by Crippen LogP contribution is 2.44. The molecule has 1 heterocycles. The van der Waals surface area contributed by atoms with Gasteiger partial charge >= 0.3 is 0 Å². The molecule has 0 saturated heterocycles. The van der Waals surface area contributed by atoms with E-state index in [0.29, 0.717) is 5.92 Å². The first-order valence-corrected chi connectivity index (χ1v) is 7.35. The van der Waals surface area contributed by atoms with E-state index >= 15 is 0 Å². The molecule has 1 aromatic carbocycles. The van der Waals surface area contributed by atoms with Gasteiger partial charge in [0, 0.05) is 24.1 Å². The van der Waals surface area contributed by atoms with E-state index in [2.05, 4.69) is 29.6 Å². The van der Waals surface area contributed by atoms with Gasteiger partial charge in [-0.2, -0.15) is 0 Å². The SMILES string of the molecule is c1ccc2c(c1)OCC2CNC1CC2CCC1C2. The lowest BCUT2D eigenvalue weighted by molar-refractivity contribution is 0.303. The second kappa shape index (κ2) is 4.27. The van der Waals surface area contributed by atoms with Crippen LogP contribution in [0.1, 0.15) is 37.2 Å². The second-order valence-corrected chi connectivity index (χ2v) is 6.24. The molecule has 4 atom stereocenters. The van der Waals surface area contributed by atoms with Crippen LogP contribution in [0.4, 0.5) is 0 Å². The molecule has 2 bridgehead atoms. The molecule has 2 nitrogen and oxygen atoms in total. The lowest BCUT2D eigenvalue weighted by atomic mass is 9.94. The monoisotopic (exact) mass is 243 g/mol. The summed E-state index contributed by atoms with van der Waals surface area (Å²) in [5, 5.41) is 3.82. The minimum atomic E-state index is 0.556. The fraction of sp³-hybridized carbons (Fsp3) is 0.625. The molecular formula is C16H21NO. The predicted molar refractivity (Wildman–Crippen MR) is 71.9 cm³/mol. The Morgan fingerprint density at radius 3 is 2.94 bits per heavy atom. The molecule has 1 aromatic rings. The van der Waals surface area contributed by atoms with E-state index in [1.165, 1.54) is 31.2 Å². The highest BCUT2D eigenvalue weighted by atomic mass is 16.5. The van der Waals surface area contributed by atoms with Gasteiger partial charge in [0.2, 0.25) is 0 Å². The molecule has 0 radical (unpaired) electrons. The Morgan fingerprint density at radius 2 is 2.11 bits per heavy atom. The average molecular weight is 243 g/mol. The van der Waals surface area contributed by atoms with Crippen LogP contribution in [0.3, 0.4) is 0 Å². The van der Waals surface area contributed by atoms with Gasteiger partial charge < -0.3 is 10.1 Å². The summed E-state index contributed by atoms with van der Waals surface area (Å²) in [7, 11) is 0. The van der Waals surface area contributed by atoms with Crippen molar-refractivity contribution in [2.24, 2.45) is 11.8 Å². The summed E-state index contributed by atoms with van der Waals surface area (Å²) in [5.74, 6) is 3.64. The summed E-state index contributed by atoms with van der Waals surface area (Å²) in [6.45, 7) is 1.94. The lowest BCUT2D eigenvalue weighted by Gasteiger charge is -2.24. The van der Waals surface area contributed by atoms with Crippen LogP contribution in [-0.4, -0.2) is 19.2 Å². The Labute approximate surface area is 109 Å². The number of ether oxygens (including phenoxy) is 1. The largest absolute Gasteiger partial charge is 0.493 e. The topological polar surface area (TPSA) is 21.3 Å². The molecule has 3 aliphatic rings. The quantitative estimate of drug-likeness (QED) is 0.881. The van der Waals surface area contributed by atoms with E-state index in [0.717, 1.165) is 36.8 Å². The van der Waals surface area contributed by atoms with Crippen LogP contribution >= 0.6 is 0 Å². The van der Waals surface area contributed by atoms with E-state index in [1.54, 1.807) is 0 Å². The maximum absolute atomic E-state index is 5.75. The van der Waals surface area contributed by atoms with Gasteiger partial charge in [-0.05, 0) is 37.2 Å². The van der Waals surface area contributed by atoms with Crippen LogP contribution in [0.2, 0.25) is 0 Å². The highest BCUT2D eigenvalue weighted by molar-refractivity contribution is 5.39. The van der Waals surface area contributed by atoms with Crippen molar-refractivity contribution in [1.29, 1.82) is 0 Å². The molecule has 0 amide bonds. The fourth-order valence-corrected chi connectivity index (χ4v) is 4.19. The zero-order valence-electron chi connectivity index (χ0n) is 10.8. The highest BCUT2D eigenvalue weighted by Gasteiger charge is 2.39. The molecule has 2 heteroatoms. The maximum Gasteiger partial charge on any atom is 0.122 e. The van der Waals surface area contributed by atoms with Crippen molar-refractivity contribution in [2.45, 2.75) is 37.6 Å². The minimum absolute atomic E-state index is 0.556. The van der Waals surface area contributed by atoms with Crippen LogP contribution in [0.5, 0.6) is 5.75 Å². The smallest absolute Gasteiger partial charge is 0.122 e. The van der Waals surface area contributed by atoms with Gasteiger partial charge in [-0.1, -0.05) is 24.6 Å². The third kappa shape index (κ3) is 1.74. The van der Waals surface area contributed by atoms with E-state index in [9.17, 15) is 0 Å². The zero-order chi connectivity index (χ0) is 11.9. The molecule has 0 spiro atoms. The molecule has 4 rings (SSSR count). The van der Waals surface area contributed by atoms with Crippen molar-refractivity contribution in [3.8, 4) is 5.75 Å². The summed E-state index contributed by atoms with van der Waals surface area (Å²) in [6.07, 6.45) is 5.84. The van der Waals surface area contributed by atoms with Crippen molar-refractivity contribution < 1.29 is 4.74 Å². The molecule has 2 saturated carbocycles. The Balaban J connectivity index is 1.39. The van der Waals surface area contributed by atoms with Gasteiger partial charge in [0.15, 0.2) is 0 Å². The third-order valence-electron chi connectivity index (χ3n) is 5.16. The minimum Gasteiger partial charge on any atom is -0.493 e. The Kier molecular flexibility index (Phi) is 2.58. The van der Waals surface area contributed by atoms with Gasteiger partial charge in [0.05, 0.1) is 6.61 Å². The third-order valence-corrected chi connectivity index (χ3v) is 5.16. The number of hydrogen-bond acceptors (Lipinski definition) is 2. The number of rotatable bonds is 3. The fourth-order valence-electron chi connectivity index (χ4n) is 4.19. The molecule has 1 N–H and O–H groups in total. The van der Waals surface area contributed by atoms with Crippen LogP contribution in [0.15, 0.2) is 24.3 Å². The molecule has 4 unspecified atom stereocenters. The Bertz CT molecular complexity index is 444. The van der Waals surface area contributed by atoms with Crippen molar-refractivity contribution in [3.63, 3.8) is 0 Å². The summed E-state index contributed by atoms with van der Waals surface area (Å²) in [6, 6.07) is 9.28. The average Bonchev–Trinajstić information content (AvgIpc) is 3.11. The number of nitrogens with one attached hydrogen (secondary N) is 1. The summed E-state index contributed by atoms with van der Waals surface area (Å²) in [4.78, 5) is 0. The van der Waals surface area contributed by atoms with Crippen LogP contribution in [-0.2, 0) is 0 Å². The van der Waals surface area contributed by atoms with Gasteiger partial charge in [-0.25, -0.2) is 0 Å². The van der Waals surface area contributed by atoms with E-state index in [4.69, 9.17) is 4.74 Å².